The van der Waals surface area contributed by atoms with Crippen LogP contribution in [0.5, 0.6) is 5.75 Å². The molecule has 2 aliphatic rings. The van der Waals surface area contributed by atoms with Crippen LogP contribution < -0.4 is 4.74 Å². The molecule has 2 aliphatic heterocycles. The predicted molar refractivity (Wildman–Crippen MR) is 96.1 cm³/mol. The van der Waals surface area contributed by atoms with Crippen molar-refractivity contribution in [3.63, 3.8) is 0 Å². The van der Waals surface area contributed by atoms with Crippen LogP contribution in [0.2, 0.25) is 0 Å². The maximum atomic E-state index is 12.8. The van der Waals surface area contributed by atoms with Crippen LogP contribution in [0, 0.1) is 0 Å². The van der Waals surface area contributed by atoms with Gasteiger partial charge in [-0.3, -0.25) is 9.59 Å². The molecule has 4 rings (SSSR count). The van der Waals surface area contributed by atoms with Gasteiger partial charge in [-0.1, -0.05) is 48.5 Å². The molecule has 2 aromatic rings. The molecule has 1 amide bonds. The molecule has 2 aromatic carbocycles. The number of carboxylic acids is 1. The first kappa shape index (κ1) is 16.6. The molecule has 0 aliphatic carbocycles. The van der Waals surface area contributed by atoms with Crippen LogP contribution >= 0.6 is 0 Å². The number of hydrogen-bond donors (Lipinski definition) is 1. The van der Waals surface area contributed by atoms with Crippen molar-refractivity contribution >= 4 is 11.9 Å². The second-order valence-electron chi connectivity index (χ2n) is 7.00. The fourth-order valence-corrected chi connectivity index (χ4v) is 4.02. The molecule has 0 bridgehead atoms. The normalized spacial score (nSPS) is 20.9. The van der Waals surface area contributed by atoms with Crippen LogP contribution in [0.1, 0.15) is 24.0 Å². The molecule has 5 heteroatoms. The number of ether oxygens (including phenoxy) is 1. The highest BCUT2D eigenvalue weighted by Gasteiger charge is 2.45. The molecule has 0 radical (unpaired) electrons. The molecule has 2 heterocycles. The molecule has 1 N–H and O–H groups in total. The number of carbonyl (C=O) groups excluding carboxylic acids is 1. The molecule has 0 spiro atoms. The molecule has 1 atom stereocenters. The summed E-state index contributed by atoms with van der Waals surface area (Å²) in [5.41, 5.74) is 0.938. The summed E-state index contributed by atoms with van der Waals surface area (Å²) in [7, 11) is 0. The van der Waals surface area contributed by atoms with E-state index in [1.54, 1.807) is 4.90 Å². The quantitative estimate of drug-likeness (QED) is 0.923. The SMILES string of the molecule is O=C(C1Cc2ccccc2O1)N1CCC(C(=O)O)(c2ccccc2)CC1. The van der Waals surface area contributed by atoms with Crippen LogP contribution in [0.15, 0.2) is 54.6 Å². The van der Waals surface area contributed by atoms with Gasteiger partial charge in [-0.05, 0) is 30.0 Å². The average Bonchev–Trinajstić information content (AvgIpc) is 3.12. The van der Waals surface area contributed by atoms with Crippen molar-refractivity contribution in [2.45, 2.75) is 30.8 Å². The number of benzene rings is 2. The molecule has 0 saturated carbocycles. The Bertz CT molecular complexity index is 800. The lowest BCUT2D eigenvalue weighted by atomic mass is 9.72. The van der Waals surface area contributed by atoms with Crippen molar-refractivity contribution in [2.75, 3.05) is 13.1 Å². The fourth-order valence-electron chi connectivity index (χ4n) is 4.02. The van der Waals surface area contributed by atoms with Crippen LogP contribution in [0.25, 0.3) is 0 Å². The highest BCUT2D eigenvalue weighted by atomic mass is 16.5. The Morgan fingerprint density at radius 1 is 1.00 bits per heavy atom. The lowest BCUT2D eigenvalue weighted by molar-refractivity contribution is -0.149. The van der Waals surface area contributed by atoms with E-state index in [2.05, 4.69) is 0 Å². The molecule has 134 valence electrons. The van der Waals surface area contributed by atoms with E-state index in [1.165, 1.54) is 0 Å². The van der Waals surface area contributed by atoms with Gasteiger partial charge in [-0.2, -0.15) is 0 Å². The Hall–Kier alpha value is -2.82. The number of amides is 1. The topological polar surface area (TPSA) is 66.8 Å². The second-order valence-corrected chi connectivity index (χ2v) is 7.00. The Kier molecular flexibility index (Phi) is 4.15. The van der Waals surface area contributed by atoms with Crippen molar-refractivity contribution in [1.82, 2.24) is 4.90 Å². The number of aliphatic carboxylic acids is 1. The van der Waals surface area contributed by atoms with E-state index in [9.17, 15) is 14.7 Å². The van der Waals surface area contributed by atoms with Crippen LogP contribution in [-0.2, 0) is 21.4 Å². The summed E-state index contributed by atoms with van der Waals surface area (Å²) in [6.45, 7) is 0.854. The van der Waals surface area contributed by atoms with Gasteiger partial charge in [0.1, 0.15) is 5.75 Å². The average molecular weight is 351 g/mol. The number of fused-ring (bicyclic) bond motifs is 1. The smallest absolute Gasteiger partial charge is 0.314 e. The predicted octanol–water partition coefficient (Wildman–Crippen LogP) is 2.64. The Labute approximate surface area is 152 Å². The standard InChI is InChI=1S/C21H21NO4/c23-19(18-14-15-6-4-5-9-17(15)26-18)22-12-10-21(11-13-22,20(24)25)16-7-2-1-3-8-16/h1-9,18H,10-14H2,(H,24,25). The number of piperidine rings is 1. The molecule has 1 unspecified atom stereocenters. The number of carboxylic acid groups (broad SMARTS) is 1. The summed E-state index contributed by atoms with van der Waals surface area (Å²) in [5.74, 6) is -0.0967. The summed E-state index contributed by atoms with van der Waals surface area (Å²) in [6, 6.07) is 17.0. The molecule has 26 heavy (non-hydrogen) atoms. The first-order chi connectivity index (χ1) is 12.6. The highest BCUT2D eigenvalue weighted by molar-refractivity contribution is 5.85. The van der Waals surface area contributed by atoms with Gasteiger partial charge in [0.05, 0.1) is 5.41 Å². The Morgan fingerprint density at radius 3 is 2.31 bits per heavy atom. The van der Waals surface area contributed by atoms with E-state index >= 15 is 0 Å². The summed E-state index contributed by atoms with van der Waals surface area (Å²) >= 11 is 0. The number of likely N-dealkylation sites (tertiary alicyclic amines) is 1. The van der Waals surface area contributed by atoms with Gasteiger partial charge in [0.25, 0.3) is 5.91 Å². The van der Waals surface area contributed by atoms with Crippen molar-refractivity contribution in [2.24, 2.45) is 0 Å². The van der Waals surface area contributed by atoms with Crippen LogP contribution in [-0.4, -0.2) is 41.1 Å². The third kappa shape index (κ3) is 2.73. The fraction of sp³-hybridized carbons (Fsp3) is 0.333. The zero-order valence-corrected chi connectivity index (χ0v) is 14.4. The maximum absolute atomic E-state index is 12.8. The van der Waals surface area contributed by atoms with Gasteiger partial charge in [0.15, 0.2) is 6.10 Å². The summed E-state index contributed by atoms with van der Waals surface area (Å²) < 4.78 is 5.80. The lowest BCUT2D eigenvalue weighted by Crippen LogP contribution is -2.51. The molecule has 0 aromatic heterocycles. The van der Waals surface area contributed by atoms with Gasteiger partial charge in [-0.25, -0.2) is 0 Å². The van der Waals surface area contributed by atoms with Crippen LogP contribution in [0.4, 0.5) is 0 Å². The van der Waals surface area contributed by atoms with Gasteiger partial charge in [0.2, 0.25) is 0 Å². The summed E-state index contributed by atoms with van der Waals surface area (Å²) in [5, 5.41) is 9.87. The number of hydrogen-bond acceptors (Lipinski definition) is 3. The van der Waals surface area contributed by atoms with Gasteiger partial charge < -0.3 is 14.7 Å². The number of nitrogens with zero attached hydrogens (tertiary/aromatic N) is 1. The minimum atomic E-state index is -0.919. The first-order valence-electron chi connectivity index (χ1n) is 8.92. The van der Waals surface area contributed by atoms with Gasteiger partial charge in [-0.15, -0.1) is 0 Å². The molecular formula is C21H21NO4. The molecule has 1 fully saturated rings. The zero-order valence-electron chi connectivity index (χ0n) is 14.4. The third-order valence-corrected chi connectivity index (χ3v) is 5.59. The minimum Gasteiger partial charge on any atom is -0.481 e. The number of rotatable bonds is 3. The van der Waals surface area contributed by atoms with Crippen molar-refractivity contribution in [3.05, 3.63) is 65.7 Å². The molecule has 5 nitrogen and oxygen atoms in total. The van der Waals surface area contributed by atoms with Crippen molar-refractivity contribution < 1.29 is 19.4 Å². The molecular weight excluding hydrogens is 330 g/mol. The summed E-state index contributed by atoms with van der Waals surface area (Å²) in [6.07, 6.45) is 0.908. The summed E-state index contributed by atoms with van der Waals surface area (Å²) in [4.78, 5) is 26.6. The number of carbonyl (C=O) groups is 2. The highest BCUT2D eigenvalue weighted by Crippen LogP contribution is 2.37. The third-order valence-electron chi connectivity index (χ3n) is 5.59. The van der Waals surface area contributed by atoms with E-state index in [1.807, 2.05) is 54.6 Å². The van der Waals surface area contributed by atoms with E-state index in [0.29, 0.717) is 32.4 Å². The minimum absolute atomic E-state index is 0.0479. The Morgan fingerprint density at radius 2 is 1.65 bits per heavy atom. The van der Waals surface area contributed by atoms with Crippen molar-refractivity contribution in [1.29, 1.82) is 0 Å². The second kappa shape index (κ2) is 6.48. The van der Waals surface area contributed by atoms with Crippen molar-refractivity contribution in [3.8, 4) is 5.75 Å². The van der Waals surface area contributed by atoms with E-state index < -0.39 is 17.5 Å². The van der Waals surface area contributed by atoms with Gasteiger partial charge in [0, 0.05) is 19.5 Å². The van der Waals surface area contributed by atoms with Gasteiger partial charge >= 0.3 is 5.97 Å². The van der Waals surface area contributed by atoms with E-state index in [4.69, 9.17) is 4.74 Å². The van der Waals surface area contributed by atoms with Crippen LogP contribution in [0.3, 0.4) is 0 Å². The molecule has 1 saturated heterocycles. The first-order valence-corrected chi connectivity index (χ1v) is 8.92. The monoisotopic (exact) mass is 351 g/mol. The van der Waals surface area contributed by atoms with E-state index in [-0.39, 0.29) is 5.91 Å². The lowest BCUT2D eigenvalue weighted by Gasteiger charge is -2.39. The number of para-hydroxylation sites is 1. The largest absolute Gasteiger partial charge is 0.481 e. The Balaban J connectivity index is 1.46. The zero-order chi connectivity index (χ0) is 18.1. The van der Waals surface area contributed by atoms with E-state index in [0.717, 1.165) is 16.9 Å². The maximum Gasteiger partial charge on any atom is 0.314 e.